The largest absolute Gasteiger partial charge is 0.508 e. The molecule has 2 amide bonds. The number of aromatic nitrogens is 1. The summed E-state index contributed by atoms with van der Waals surface area (Å²) in [6, 6.07) is 10.6. The first kappa shape index (κ1) is 18.0. The van der Waals surface area contributed by atoms with Crippen molar-refractivity contribution in [1.82, 2.24) is 15.6 Å². The number of hydrogen-bond donors (Lipinski definition) is 4. The number of phenolic OH excluding ortho intramolecular Hbond substituents is 1. The van der Waals surface area contributed by atoms with Crippen LogP contribution in [0.5, 0.6) is 5.75 Å². The second-order valence-electron chi connectivity index (χ2n) is 6.92. The lowest BCUT2D eigenvalue weighted by Crippen LogP contribution is -2.40. The molecule has 4 rings (SSSR count). The third-order valence-corrected chi connectivity index (χ3v) is 5.01. The van der Waals surface area contributed by atoms with Gasteiger partial charge in [-0.2, -0.15) is 0 Å². The SMILES string of the molecule is O=C(CCc1c(-c2ccc(F)cc2)[nH]c2ccc(O)cc12)N[C@H]1CCNC1=O. The first-order valence-electron chi connectivity index (χ1n) is 9.18. The number of nitrogens with one attached hydrogen (secondary N) is 3. The highest BCUT2D eigenvalue weighted by atomic mass is 19.1. The van der Waals surface area contributed by atoms with E-state index in [1.807, 2.05) is 0 Å². The van der Waals surface area contributed by atoms with Crippen LogP contribution in [0.1, 0.15) is 18.4 Å². The Morgan fingerprint density at radius 1 is 1.21 bits per heavy atom. The fourth-order valence-electron chi connectivity index (χ4n) is 3.60. The van der Waals surface area contributed by atoms with Gasteiger partial charge in [0.05, 0.1) is 0 Å². The average Bonchev–Trinajstić information content (AvgIpc) is 3.24. The van der Waals surface area contributed by atoms with Crippen molar-refractivity contribution in [2.45, 2.75) is 25.3 Å². The number of hydrogen-bond acceptors (Lipinski definition) is 3. The molecule has 1 atom stereocenters. The van der Waals surface area contributed by atoms with Gasteiger partial charge in [0.25, 0.3) is 0 Å². The number of phenols is 1. The lowest BCUT2D eigenvalue weighted by atomic mass is 10.0. The lowest BCUT2D eigenvalue weighted by Gasteiger charge is -2.10. The fraction of sp³-hybridized carbons (Fsp3) is 0.238. The molecule has 0 unspecified atom stereocenters. The third-order valence-electron chi connectivity index (χ3n) is 5.01. The predicted octanol–water partition coefficient (Wildman–Crippen LogP) is 2.62. The first-order valence-corrected chi connectivity index (χ1v) is 9.18. The number of aromatic hydroxyl groups is 1. The zero-order chi connectivity index (χ0) is 19.7. The zero-order valence-corrected chi connectivity index (χ0v) is 15.1. The van der Waals surface area contributed by atoms with Gasteiger partial charge in [0.15, 0.2) is 0 Å². The smallest absolute Gasteiger partial charge is 0.242 e. The van der Waals surface area contributed by atoms with E-state index in [9.17, 15) is 19.1 Å². The highest BCUT2D eigenvalue weighted by Crippen LogP contribution is 2.33. The standard InChI is InChI=1S/C21H20FN3O3/c22-13-3-1-12(2-4-13)20-15(16-11-14(26)5-7-17(16)25-20)6-8-19(27)24-18-9-10-23-21(18)28/h1-5,7,11,18,25-26H,6,8-10H2,(H,23,28)(H,24,27)/t18-/m0/s1. The Labute approximate surface area is 160 Å². The summed E-state index contributed by atoms with van der Waals surface area (Å²) >= 11 is 0. The van der Waals surface area contributed by atoms with Crippen LogP contribution in [0.2, 0.25) is 0 Å². The highest BCUT2D eigenvalue weighted by Gasteiger charge is 2.25. The Bertz CT molecular complexity index is 1040. The number of fused-ring (bicyclic) bond motifs is 1. The van der Waals surface area contributed by atoms with Crippen LogP contribution in [0.4, 0.5) is 4.39 Å². The fourth-order valence-corrected chi connectivity index (χ4v) is 3.60. The monoisotopic (exact) mass is 381 g/mol. The van der Waals surface area contributed by atoms with Crippen molar-refractivity contribution in [1.29, 1.82) is 0 Å². The summed E-state index contributed by atoms with van der Waals surface area (Å²) < 4.78 is 13.3. The number of benzene rings is 2. The van der Waals surface area contributed by atoms with E-state index in [2.05, 4.69) is 15.6 Å². The molecule has 1 aliphatic rings. The molecule has 0 saturated carbocycles. The van der Waals surface area contributed by atoms with Crippen molar-refractivity contribution < 1.29 is 19.1 Å². The predicted molar refractivity (Wildman–Crippen MR) is 103 cm³/mol. The van der Waals surface area contributed by atoms with E-state index in [1.54, 1.807) is 30.3 Å². The molecule has 0 radical (unpaired) electrons. The average molecular weight is 381 g/mol. The molecule has 0 spiro atoms. The van der Waals surface area contributed by atoms with Crippen molar-refractivity contribution in [3.8, 4) is 17.0 Å². The van der Waals surface area contributed by atoms with Gasteiger partial charge in [-0.1, -0.05) is 0 Å². The third kappa shape index (κ3) is 3.55. The number of aromatic amines is 1. The maximum Gasteiger partial charge on any atom is 0.242 e. The summed E-state index contributed by atoms with van der Waals surface area (Å²) in [4.78, 5) is 27.3. The van der Waals surface area contributed by atoms with E-state index >= 15 is 0 Å². The molecule has 2 aromatic carbocycles. The van der Waals surface area contributed by atoms with Crippen molar-refractivity contribution in [2.75, 3.05) is 6.54 Å². The van der Waals surface area contributed by atoms with Crippen molar-refractivity contribution >= 4 is 22.7 Å². The molecule has 2 heterocycles. The Balaban J connectivity index is 1.61. The van der Waals surface area contributed by atoms with Crippen molar-refractivity contribution in [3.05, 3.63) is 53.8 Å². The second kappa shape index (κ2) is 7.34. The minimum atomic E-state index is -0.476. The van der Waals surface area contributed by atoms with Crippen LogP contribution in [0.25, 0.3) is 22.2 Å². The van der Waals surface area contributed by atoms with E-state index < -0.39 is 6.04 Å². The Hall–Kier alpha value is -3.35. The maximum atomic E-state index is 13.3. The number of amides is 2. The number of carbonyl (C=O) groups excluding carboxylic acids is 2. The quantitative estimate of drug-likeness (QED) is 0.547. The van der Waals surface area contributed by atoms with Gasteiger partial charge in [0.2, 0.25) is 11.8 Å². The minimum absolute atomic E-state index is 0.130. The number of aryl methyl sites for hydroxylation is 1. The van der Waals surface area contributed by atoms with Crippen LogP contribution in [-0.2, 0) is 16.0 Å². The molecule has 0 bridgehead atoms. The number of halogens is 1. The van der Waals surface area contributed by atoms with Gasteiger partial charge in [-0.3, -0.25) is 9.59 Å². The topological polar surface area (TPSA) is 94.2 Å². The highest BCUT2D eigenvalue weighted by molar-refractivity contribution is 5.93. The van der Waals surface area contributed by atoms with Gasteiger partial charge < -0.3 is 20.7 Å². The minimum Gasteiger partial charge on any atom is -0.508 e. The van der Waals surface area contributed by atoms with Crippen LogP contribution in [0.15, 0.2) is 42.5 Å². The lowest BCUT2D eigenvalue weighted by molar-refractivity contribution is -0.127. The summed E-state index contributed by atoms with van der Waals surface area (Å²) in [5, 5.41) is 16.1. The van der Waals surface area contributed by atoms with Crippen LogP contribution in [0, 0.1) is 5.82 Å². The molecule has 1 aliphatic heterocycles. The van der Waals surface area contributed by atoms with E-state index in [4.69, 9.17) is 0 Å². The van der Waals surface area contributed by atoms with Gasteiger partial charge in [0, 0.05) is 29.6 Å². The maximum absolute atomic E-state index is 13.3. The molecule has 3 aromatic rings. The molecular weight excluding hydrogens is 361 g/mol. The second-order valence-corrected chi connectivity index (χ2v) is 6.92. The van der Waals surface area contributed by atoms with Gasteiger partial charge in [-0.05, 0) is 66.4 Å². The summed E-state index contributed by atoms with van der Waals surface area (Å²) in [5.41, 5.74) is 3.26. The van der Waals surface area contributed by atoms with Crippen LogP contribution < -0.4 is 10.6 Å². The molecule has 7 heteroatoms. The van der Waals surface area contributed by atoms with Crippen LogP contribution in [0.3, 0.4) is 0 Å². The summed E-state index contributed by atoms with van der Waals surface area (Å²) in [5.74, 6) is -0.558. The van der Waals surface area contributed by atoms with Gasteiger partial charge in [-0.15, -0.1) is 0 Å². The summed E-state index contributed by atoms with van der Waals surface area (Å²) in [6.07, 6.45) is 1.20. The normalized spacial score (nSPS) is 16.3. The van der Waals surface area contributed by atoms with Gasteiger partial charge in [-0.25, -0.2) is 4.39 Å². The molecule has 1 fully saturated rings. The van der Waals surface area contributed by atoms with Gasteiger partial charge >= 0.3 is 0 Å². The zero-order valence-electron chi connectivity index (χ0n) is 15.1. The Morgan fingerprint density at radius 2 is 2.00 bits per heavy atom. The van der Waals surface area contributed by atoms with Crippen LogP contribution >= 0.6 is 0 Å². The van der Waals surface area contributed by atoms with E-state index in [1.165, 1.54) is 12.1 Å². The molecule has 28 heavy (non-hydrogen) atoms. The number of H-pyrrole nitrogens is 1. The molecule has 6 nitrogen and oxygen atoms in total. The number of rotatable bonds is 5. The molecule has 144 valence electrons. The van der Waals surface area contributed by atoms with Crippen molar-refractivity contribution in [3.63, 3.8) is 0 Å². The summed E-state index contributed by atoms with van der Waals surface area (Å²) in [7, 11) is 0. The Kier molecular flexibility index (Phi) is 4.73. The Morgan fingerprint density at radius 3 is 2.71 bits per heavy atom. The molecule has 1 aromatic heterocycles. The molecular formula is C21H20FN3O3. The first-order chi connectivity index (χ1) is 13.5. The summed E-state index contributed by atoms with van der Waals surface area (Å²) in [6.45, 7) is 0.570. The van der Waals surface area contributed by atoms with E-state index in [-0.39, 0.29) is 29.8 Å². The molecule has 1 saturated heterocycles. The van der Waals surface area contributed by atoms with Crippen LogP contribution in [-0.4, -0.2) is 34.5 Å². The van der Waals surface area contributed by atoms with E-state index in [0.717, 1.165) is 27.7 Å². The molecule has 4 N–H and O–H groups in total. The van der Waals surface area contributed by atoms with E-state index in [0.29, 0.717) is 19.4 Å². The molecule has 0 aliphatic carbocycles. The van der Waals surface area contributed by atoms with Crippen molar-refractivity contribution in [2.24, 2.45) is 0 Å². The number of carbonyl (C=O) groups is 2. The van der Waals surface area contributed by atoms with Gasteiger partial charge in [0.1, 0.15) is 17.6 Å².